The fourth-order valence-corrected chi connectivity index (χ4v) is 6.61. The zero-order valence-electron chi connectivity index (χ0n) is 22.2. The number of benzene rings is 1. The summed E-state index contributed by atoms with van der Waals surface area (Å²) < 4.78 is 21.7. The lowest BCUT2D eigenvalue weighted by molar-refractivity contribution is 0.0900. The van der Waals surface area contributed by atoms with E-state index in [0.717, 1.165) is 6.54 Å². The summed E-state index contributed by atoms with van der Waals surface area (Å²) in [5.74, 6) is 0.241. The van der Waals surface area contributed by atoms with E-state index in [1.54, 1.807) is 54.7 Å². The highest BCUT2D eigenvalue weighted by molar-refractivity contribution is 8.24. The molecular formula is C27H34ClN5O5S2. The standard InChI is InChI=1S/C27H34ClN5O5S2/c1-31(12-13-32-14-16-40(37,38)17-15-32)19-21(30-27(36)23-9-10-24(28)39-23)18-29-26(35)20-5-7-22(8-6-20)33-11-3-2-4-25(33)34/h2-11,21,37-38H,12-19H2,1H3,(H,29,35)(H,30,36). The minimum absolute atomic E-state index is 0.161. The first-order chi connectivity index (χ1) is 19.1. The third kappa shape index (κ3) is 8.64. The summed E-state index contributed by atoms with van der Waals surface area (Å²) in [7, 11) is -0.486. The number of amides is 2. The van der Waals surface area contributed by atoms with Gasteiger partial charge in [0.1, 0.15) is 0 Å². The van der Waals surface area contributed by atoms with Crippen LogP contribution in [0.4, 0.5) is 0 Å². The van der Waals surface area contributed by atoms with E-state index in [1.807, 2.05) is 7.05 Å². The Kier molecular flexibility index (Phi) is 10.4. The van der Waals surface area contributed by atoms with Crippen molar-refractivity contribution < 1.29 is 18.7 Å². The molecule has 1 unspecified atom stereocenters. The average molecular weight is 608 g/mol. The van der Waals surface area contributed by atoms with Crippen LogP contribution >= 0.6 is 33.5 Å². The first kappa shape index (κ1) is 30.3. The summed E-state index contributed by atoms with van der Waals surface area (Å²) in [6.07, 6.45) is 1.67. The van der Waals surface area contributed by atoms with Crippen molar-refractivity contribution in [2.45, 2.75) is 6.04 Å². The Labute approximate surface area is 243 Å². The smallest absolute Gasteiger partial charge is 0.261 e. The molecule has 4 rings (SSSR count). The molecule has 0 bridgehead atoms. The number of halogens is 1. The molecule has 1 saturated heterocycles. The number of thiophene rings is 1. The van der Waals surface area contributed by atoms with Crippen LogP contribution < -0.4 is 16.2 Å². The topological polar surface area (TPSA) is 127 Å². The van der Waals surface area contributed by atoms with E-state index in [-0.39, 0.29) is 30.0 Å². The van der Waals surface area contributed by atoms with Crippen molar-refractivity contribution in [1.29, 1.82) is 0 Å². The number of carbonyl (C=O) groups excluding carboxylic acids is 2. The number of aromatic nitrogens is 1. The molecule has 13 heteroatoms. The molecule has 216 valence electrons. The van der Waals surface area contributed by atoms with Gasteiger partial charge in [-0.3, -0.25) is 33.0 Å². The van der Waals surface area contributed by atoms with Crippen LogP contribution in [0.15, 0.2) is 65.6 Å². The van der Waals surface area contributed by atoms with Gasteiger partial charge < -0.3 is 15.5 Å². The molecule has 4 N–H and O–H groups in total. The lowest BCUT2D eigenvalue weighted by Gasteiger charge is -2.41. The van der Waals surface area contributed by atoms with Crippen LogP contribution in [0.1, 0.15) is 20.0 Å². The van der Waals surface area contributed by atoms with Crippen molar-refractivity contribution in [1.82, 2.24) is 25.0 Å². The van der Waals surface area contributed by atoms with E-state index >= 15 is 0 Å². The molecule has 2 amide bonds. The molecule has 0 spiro atoms. The number of nitrogens with zero attached hydrogens (tertiary/aromatic N) is 3. The molecule has 3 heterocycles. The van der Waals surface area contributed by atoms with Gasteiger partial charge in [-0.1, -0.05) is 17.7 Å². The quantitative estimate of drug-likeness (QED) is 0.264. The van der Waals surface area contributed by atoms with Crippen LogP contribution in [0.3, 0.4) is 0 Å². The predicted molar refractivity (Wildman–Crippen MR) is 161 cm³/mol. The van der Waals surface area contributed by atoms with Crippen molar-refractivity contribution in [2.24, 2.45) is 0 Å². The maximum absolute atomic E-state index is 12.9. The van der Waals surface area contributed by atoms with Crippen LogP contribution in [-0.2, 0) is 0 Å². The lowest BCUT2D eigenvalue weighted by Crippen LogP contribution is -2.50. The van der Waals surface area contributed by atoms with Crippen LogP contribution in [0.25, 0.3) is 5.69 Å². The van der Waals surface area contributed by atoms with E-state index in [0.29, 0.717) is 58.1 Å². The molecule has 1 atom stereocenters. The Morgan fingerprint density at radius 1 is 1.07 bits per heavy atom. The van der Waals surface area contributed by atoms with E-state index in [1.165, 1.54) is 22.0 Å². The molecule has 2 aromatic heterocycles. The first-order valence-corrected chi connectivity index (χ1v) is 15.9. The number of carbonyl (C=O) groups is 2. The predicted octanol–water partition coefficient (Wildman–Crippen LogP) is 3.08. The zero-order chi connectivity index (χ0) is 28.7. The second-order valence-electron chi connectivity index (χ2n) is 9.75. The lowest BCUT2D eigenvalue weighted by atomic mass is 10.1. The Balaban J connectivity index is 1.35. The van der Waals surface area contributed by atoms with Crippen LogP contribution in [0.2, 0.25) is 4.34 Å². The van der Waals surface area contributed by atoms with Crippen LogP contribution in [-0.4, -0.2) is 99.2 Å². The van der Waals surface area contributed by atoms with E-state index in [2.05, 4.69) is 20.4 Å². The molecule has 0 saturated carbocycles. The molecule has 1 aliphatic rings. The number of pyridine rings is 1. The Hall–Kier alpha value is -2.71. The van der Waals surface area contributed by atoms with Crippen molar-refractivity contribution >= 4 is 45.3 Å². The third-order valence-electron chi connectivity index (χ3n) is 6.67. The van der Waals surface area contributed by atoms with Crippen molar-refractivity contribution in [2.75, 3.05) is 57.8 Å². The molecule has 1 fully saturated rings. The molecule has 3 aromatic rings. The molecule has 0 aliphatic carbocycles. The number of hydrogen-bond acceptors (Lipinski definition) is 8. The average Bonchev–Trinajstić information content (AvgIpc) is 3.38. The largest absolute Gasteiger partial charge is 0.350 e. The van der Waals surface area contributed by atoms with Gasteiger partial charge in [0.05, 0.1) is 26.8 Å². The van der Waals surface area contributed by atoms with Crippen molar-refractivity contribution in [3.05, 3.63) is 85.9 Å². The van der Waals surface area contributed by atoms with Gasteiger partial charge in [-0.25, -0.2) is 0 Å². The molecule has 1 aromatic carbocycles. The van der Waals surface area contributed by atoms with Crippen LogP contribution in [0.5, 0.6) is 0 Å². The van der Waals surface area contributed by atoms with Crippen molar-refractivity contribution in [3.63, 3.8) is 0 Å². The number of hydrogen-bond donors (Lipinski definition) is 4. The van der Waals surface area contributed by atoms with Crippen LogP contribution in [0, 0.1) is 0 Å². The van der Waals surface area contributed by atoms with Gasteiger partial charge in [0.25, 0.3) is 17.4 Å². The van der Waals surface area contributed by atoms with Gasteiger partial charge in [-0.2, -0.15) is 10.6 Å². The summed E-state index contributed by atoms with van der Waals surface area (Å²) in [6.45, 7) is 3.45. The fraction of sp³-hybridized carbons (Fsp3) is 0.370. The van der Waals surface area contributed by atoms with Gasteiger partial charge in [0, 0.05) is 62.8 Å². The molecular weight excluding hydrogens is 574 g/mol. The van der Waals surface area contributed by atoms with E-state index in [9.17, 15) is 23.5 Å². The molecule has 10 nitrogen and oxygen atoms in total. The van der Waals surface area contributed by atoms with E-state index < -0.39 is 10.6 Å². The van der Waals surface area contributed by atoms with E-state index in [4.69, 9.17) is 11.6 Å². The van der Waals surface area contributed by atoms with Gasteiger partial charge in [-0.15, -0.1) is 11.3 Å². The maximum Gasteiger partial charge on any atom is 0.261 e. The number of rotatable bonds is 11. The number of likely N-dealkylation sites (N-methyl/N-ethyl adjacent to an activating group) is 1. The summed E-state index contributed by atoms with van der Waals surface area (Å²) in [5, 5.41) is 5.93. The molecule has 40 heavy (non-hydrogen) atoms. The maximum atomic E-state index is 12.9. The highest BCUT2D eigenvalue weighted by atomic mass is 35.5. The highest BCUT2D eigenvalue weighted by Gasteiger charge is 2.23. The highest BCUT2D eigenvalue weighted by Crippen LogP contribution is 2.40. The van der Waals surface area contributed by atoms with Gasteiger partial charge in [0.2, 0.25) is 0 Å². The Morgan fingerprint density at radius 3 is 2.45 bits per heavy atom. The van der Waals surface area contributed by atoms with Gasteiger partial charge in [0.15, 0.2) is 0 Å². The monoisotopic (exact) mass is 607 g/mol. The van der Waals surface area contributed by atoms with Gasteiger partial charge in [-0.05, 0) is 49.5 Å². The van der Waals surface area contributed by atoms with Crippen molar-refractivity contribution in [3.8, 4) is 5.69 Å². The minimum atomic E-state index is -2.43. The molecule has 0 radical (unpaired) electrons. The Bertz CT molecular complexity index is 1350. The summed E-state index contributed by atoms with van der Waals surface area (Å²) in [6, 6.07) is 14.6. The molecule has 1 aliphatic heterocycles. The second-order valence-corrected chi connectivity index (χ2v) is 13.9. The summed E-state index contributed by atoms with van der Waals surface area (Å²) >= 11 is 7.20. The zero-order valence-corrected chi connectivity index (χ0v) is 24.6. The first-order valence-electron chi connectivity index (χ1n) is 12.9. The second kappa shape index (κ2) is 13.8. The summed E-state index contributed by atoms with van der Waals surface area (Å²) in [5.41, 5.74) is 0.931. The SMILES string of the molecule is CN(CCN1CCS(O)(O)CC1)CC(CNC(=O)c1ccc(-n2ccccc2=O)cc1)NC(=O)c1ccc(Cl)s1. The number of nitrogens with one attached hydrogen (secondary N) is 2. The third-order valence-corrected chi connectivity index (χ3v) is 9.57. The minimum Gasteiger partial charge on any atom is -0.350 e. The van der Waals surface area contributed by atoms with Gasteiger partial charge >= 0.3 is 0 Å². The normalized spacial score (nSPS) is 16.8. The summed E-state index contributed by atoms with van der Waals surface area (Å²) in [4.78, 5) is 42.6. The Morgan fingerprint density at radius 2 is 1.80 bits per heavy atom. The fourth-order valence-electron chi connectivity index (χ4n) is 4.35.